The Morgan fingerprint density at radius 3 is 2.71 bits per heavy atom. The maximum absolute atomic E-state index is 5.94. The van der Waals surface area contributed by atoms with Crippen molar-refractivity contribution in [2.45, 2.75) is 23.8 Å². The standard InChI is InChI=1S/C17H18N2OS/c1-2-4-14(5-3-1)20-15-8-9-16-17(12-15)21-18-10-11-19(16)13-6-7-13/h1-5,8-9,12-13,18H,6-7,10-11H2. The van der Waals surface area contributed by atoms with Crippen molar-refractivity contribution in [2.24, 2.45) is 0 Å². The SMILES string of the molecule is c1ccc(Oc2ccc3c(c2)SNCCN3C2CC2)cc1. The predicted octanol–water partition coefficient (Wildman–Crippen LogP) is 4.06. The molecule has 2 aliphatic rings. The van der Waals surface area contributed by atoms with Gasteiger partial charge in [-0.3, -0.25) is 4.72 Å². The molecule has 21 heavy (non-hydrogen) atoms. The second-order valence-corrected chi connectivity index (χ2v) is 6.40. The number of hydrogen-bond donors (Lipinski definition) is 1. The van der Waals surface area contributed by atoms with Crippen molar-refractivity contribution in [3.63, 3.8) is 0 Å². The summed E-state index contributed by atoms with van der Waals surface area (Å²) in [5.74, 6) is 1.77. The Bertz CT molecular complexity index is 628. The third kappa shape index (κ3) is 2.87. The smallest absolute Gasteiger partial charge is 0.128 e. The minimum absolute atomic E-state index is 0.741. The molecule has 0 spiro atoms. The van der Waals surface area contributed by atoms with Crippen LogP contribution in [0.15, 0.2) is 53.4 Å². The molecule has 2 aromatic carbocycles. The number of para-hydroxylation sites is 1. The summed E-state index contributed by atoms with van der Waals surface area (Å²) in [5.41, 5.74) is 1.34. The minimum Gasteiger partial charge on any atom is -0.457 e. The van der Waals surface area contributed by atoms with Crippen LogP contribution in [0.3, 0.4) is 0 Å². The van der Waals surface area contributed by atoms with Crippen molar-refractivity contribution in [2.75, 3.05) is 18.0 Å². The molecule has 0 amide bonds. The highest BCUT2D eigenvalue weighted by molar-refractivity contribution is 7.97. The zero-order valence-electron chi connectivity index (χ0n) is 11.8. The van der Waals surface area contributed by atoms with Crippen LogP contribution in [0.5, 0.6) is 11.5 Å². The summed E-state index contributed by atoms with van der Waals surface area (Å²) in [6, 6.07) is 17.1. The number of hydrogen-bond acceptors (Lipinski definition) is 4. The molecule has 0 radical (unpaired) electrons. The molecule has 0 saturated heterocycles. The number of fused-ring (bicyclic) bond motifs is 1. The van der Waals surface area contributed by atoms with E-state index in [2.05, 4.69) is 27.8 Å². The van der Waals surface area contributed by atoms with Gasteiger partial charge in [-0.05, 0) is 55.1 Å². The number of rotatable bonds is 3. The van der Waals surface area contributed by atoms with E-state index in [1.165, 1.54) is 23.4 Å². The zero-order chi connectivity index (χ0) is 14.1. The van der Waals surface area contributed by atoms with Crippen molar-refractivity contribution < 1.29 is 4.74 Å². The lowest BCUT2D eigenvalue weighted by atomic mass is 10.2. The molecule has 1 aliphatic heterocycles. The Hall–Kier alpha value is -1.65. The molecule has 1 heterocycles. The van der Waals surface area contributed by atoms with Gasteiger partial charge in [-0.15, -0.1) is 0 Å². The lowest BCUT2D eigenvalue weighted by Gasteiger charge is -2.24. The number of ether oxygens (including phenoxy) is 1. The summed E-state index contributed by atoms with van der Waals surface area (Å²) >= 11 is 1.71. The monoisotopic (exact) mass is 298 g/mol. The fourth-order valence-electron chi connectivity index (χ4n) is 2.68. The van der Waals surface area contributed by atoms with Crippen LogP contribution < -0.4 is 14.4 Å². The molecule has 0 bridgehead atoms. The van der Waals surface area contributed by atoms with E-state index in [0.29, 0.717) is 0 Å². The molecular formula is C17H18N2OS. The molecule has 1 fully saturated rings. The van der Waals surface area contributed by atoms with Crippen molar-refractivity contribution >= 4 is 17.6 Å². The maximum atomic E-state index is 5.94. The highest BCUT2D eigenvalue weighted by atomic mass is 32.2. The first-order valence-electron chi connectivity index (χ1n) is 7.43. The van der Waals surface area contributed by atoms with Crippen LogP contribution >= 0.6 is 11.9 Å². The Morgan fingerprint density at radius 1 is 1.05 bits per heavy atom. The molecule has 1 aliphatic carbocycles. The second-order valence-electron chi connectivity index (χ2n) is 5.47. The summed E-state index contributed by atoms with van der Waals surface area (Å²) in [6.07, 6.45) is 2.65. The third-order valence-electron chi connectivity index (χ3n) is 3.84. The van der Waals surface area contributed by atoms with Gasteiger partial charge in [-0.1, -0.05) is 18.2 Å². The van der Waals surface area contributed by atoms with Crippen LogP contribution in [0.2, 0.25) is 0 Å². The molecule has 0 unspecified atom stereocenters. The molecule has 3 nitrogen and oxygen atoms in total. The van der Waals surface area contributed by atoms with Crippen LogP contribution in [0.25, 0.3) is 0 Å². The van der Waals surface area contributed by atoms with E-state index < -0.39 is 0 Å². The van der Waals surface area contributed by atoms with Gasteiger partial charge in [0.1, 0.15) is 11.5 Å². The average Bonchev–Trinajstić information content (AvgIpc) is 3.34. The van der Waals surface area contributed by atoms with E-state index in [1.807, 2.05) is 30.3 Å². The Kier molecular flexibility index (Phi) is 3.49. The summed E-state index contributed by atoms with van der Waals surface area (Å²) in [4.78, 5) is 3.79. The van der Waals surface area contributed by atoms with Gasteiger partial charge in [-0.2, -0.15) is 0 Å². The van der Waals surface area contributed by atoms with Crippen LogP contribution in [0.4, 0.5) is 5.69 Å². The highest BCUT2D eigenvalue weighted by Crippen LogP contribution is 2.40. The Balaban J connectivity index is 1.62. The van der Waals surface area contributed by atoms with E-state index in [0.717, 1.165) is 30.6 Å². The molecular weight excluding hydrogens is 280 g/mol. The van der Waals surface area contributed by atoms with Gasteiger partial charge in [0.15, 0.2) is 0 Å². The van der Waals surface area contributed by atoms with Crippen LogP contribution in [0, 0.1) is 0 Å². The fourth-order valence-corrected chi connectivity index (χ4v) is 3.50. The lowest BCUT2D eigenvalue weighted by Crippen LogP contribution is -2.30. The topological polar surface area (TPSA) is 24.5 Å². The minimum atomic E-state index is 0.741. The van der Waals surface area contributed by atoms with Gasteiger partial charge in [-0.25, -0.2) is 0 Å². The molecule has 4 heteroatoms. The zero-order valence-corrected chi connectivity index (χ0v) is 12.6. The molecule has 1 saturated carbocycles. The van der Waals surface area contributed by atoms with Gasteiger partial charge in [0.25, 0.3) is 0 Å². The van der Waals surface area contributed by atoms with E-state index in [9.17, 15) is 0 Å². The van der Waals surface area contributed by atoms with Gasteiger partial charge in [0.2, 0.25) is 0 Å². The van der Waals surface area contributed by atoms with Gasteiger partial charge < -0.3 is 9.64 Å². The third-order valence-corrected chi connectivity index (χ3v) is 4.74. The first kappa shape index (κ1) is 13.0. The van der Waals surface area contributed by atoms with Crippen LogP contribution in [0.1, 0.15) is 12.8 Å². The normalized spacial score (nSPS) is 18.0. The van der Waals surface area contributed by atoms with Crippen molar-refractivity contribution in [1.29, 1.82) is 0 Å². The summed E-state index contributed by atoms with van der Waals surface area (Å²) in [5, 5.41) is 0. The largest absolute Gasteiger partial charge is 0.457 e. The Labute approximate surface area is 129 Å². The molecule has 0 aromatic heterocycles. The number of nitrogens with zero attached hydrogens (tertiary/aromatic N) is 1. The quantitative estimate of drug-likeness (QED) is 0.864. The second kappa shape index (κ2) is 5.62. The summed E-state index contributed by atoms with van der Waals surface area (Å²) in [6.45, 7) is 2.11. The Morgan fingerprint density at radius 2 is 1.90 bits per heavy atom. The number of benzene rings is 2. The highest BCUT2D eigenvalue weighted by Gasteiger charge is 2.31. The molecule has 2 aromatic rings. The van der Waals surface area contributed by atoms with E-state index in [-0.39, 0.29) is 0 Å². The van der Waals surface area contributed by atoms with Crippen molar-refractivity contribution in [3.05, 3.63) is 48.5 Å². The fraction of sp³-hybridized carbons (Fsp3) is 0.294. The van der Waals surface area contributed by atoms with Crippen molar-refractivity contribution in [1.82, 2.24) is 4.72 Å². The summed E-state index contributed by atoms with van der Waals surface area (Å²) < 4.78 is 9.36. The lowest BCUT2D eigenvalue weighted by molar-refractivity contribution is 0.481. The number of anilines is 1. The van der Waals surface area contributed by atoms with Crippen molar-refractivity contribution in [3.8, 4) is 11.5 Å². The first-order chi connectivity index (χ1) is 10.4. The van der Waals surface area contributed by atoms with Crippen LogP contribution in [-0.2, 0) is 0 Å². The average molecular weight is 298 g/mol. The maximum Gasteiger partial charge on any atom is 0.128 e. The molecule has 4 rings (SSSR count). The van der Waals surface area contributed by atoms with E-state index in [1.54, 1.807) is 11.9 Å². The molecule has 1 N–H and O–H groups in total. The molecule has 0 atom stereocenters. The summed E-state index contributed by atoms with van der Waals surface area (Å²) in [7, 11) is 0. The molecule has 108 valence electrons. The van der Waals surface area contributed by atoms with Crippen LogP contribution in [-0.4, -0.2) is 19.1 Å². The number of nitrogens with one attached hydrogen (secondary N) is 1. The van der Waals surface area contributed by atoms with Gasteiger partial charge >= 0.3 is 0 Å². The van der Waals surface area contributed by atoms with Gasteiger partial charge in [0.05, 0.1) is 5.69 Å². The van der Waals surface area contributed by atoms with E-state index >= 15 is 0 Å². The van der Waals surface area contributed by atoms with Gasteiger partial charge in [0, 0.05) is 24.0 Å². The van der Waals surface area contributed by atoms with E-state index in [4.69, 9.17) is 4.74 Å². The first-order valence-corrected chi connectivity index (χ1v) is 8.25. The predicted molar refractivity (Wildman–Crippen MR) is 87.2 cm³/mol.